The first-order valence-electron chi connectivity index (χ1n) is 5.21. The maximum Gasteiger partial charge on any atom is 0.304 e. The predicted molar refractivity (Wildman–Crippen MR) is 55.6 cm³/mol. The average Bonchev–Trinajstić information content (AvgIpc) is 2.70. The Labute approximate surface area is 88.5 Å². The number of carbonyl (C=O) groups is 1. The van der Waals surface area contributed by atoms with Gasteiger partial charge in [-0.3, -0.25) is 9.69 Å². The van der Waals surface area contributed by atoms with Crippen molar-refractivity contribution in [3.8, 4) is 0 Å². The summed E-state index contributed by atoms with van der Waals surface area (Å²) in [6, 6.07) is 0.293. The lowest BCUT2D eigenvalue weighted by molar-refractivity contribution is -0.120. The van der Waals surface area contributed by atoms with Gasteiger partial charge in [0.2, 0.25) is 5.91 Å². The Morgan fingerprint density at radius 3 is 3.13 bits per heavy atom. The van der Waals surface area contributed by atoms with E-state index in [-0.39, 0.29) is 11.9 Å². The number of hydrogen-bond donors (Lipinski definition) is 1. The molecule has 2 rings (SSSR count). The topological polar surface area (TPSA) is 58.4 Å². The van der Waals surface area contributed by atoms with Gasteiger partial charge in [-0.25, -0.2) is 4.98 Å². The molecule has 5 heteroatoms. The molecule has 2 heterocycles. The van der Waals surface area contributed by atoms with Crippen LogP contribution in [0.25, 0.3) is 0 Å². The number of anilines is 1. The van der Waals surface area contributed by atoms with E-state index < -0.39 is 0 Å². The second kappa shape index (κ2) is 4.44. The fourth-order valence-corrected chi connectivity index (χ4v) is 1.85. The lowest BCUT2D eigenvalue weighted by atomic mass is 10.1. The van der Waals surface area contributed by atoms with Crippen LogP contribution in [0.4, 0.5) is 6.01 Å². The minimum absolute atomic E-state index is 0.0532. The Morgan fingerprint density at radius 2 is 2.47 bits per heavy atom. The monoisotopic (exact) mass is 209 g/mol. The second-order valence-corrected chi connectivity index (χ2v) is 3.64. The van der Waals surface area contributed by atoms with Crippen LogP contribution in [0.1, 0.15) is 19.3 Å². The van der Waals surface area contributed by atoms with E-state index in [9.17, 15) is 4.79 Å². The summed E-state index contributed by atoms with van der Waals surface area (Å²) in [7, 11) is 1.81. The smallest absolute Gasteiger partial charge is 0.304 e. The first-order valence-corrected chi connectivity index (χ1v) is 5.21. The van der Waals surface area contributed by atoms with Crippen molar-refractivity contribution >= 4 is 11.9 Å². The van der Waals surface area contributed by atoms with E-state index in [2.05, 4.69) is 10.3 Å². The highest BCUT2D eigenvalue weighted by atomic mass is 16.4. The van der Waals surface area contributed by atoms with E-state index in [1.165, 1.54) is 6.26 Å². The standard InChI is InChI=1S/C10H15N3O2/c1-11-8-4-2-3-6-13(9(8)14)10-12-5-7-15-10/h5,7-8,11H,2-4,6H2,1H3. The molecule has 1 saturated heterocycles. The summed E-state index contributed by atoms with van der Waals surface area (Å²) in [5.74, 6) is 0.0532. The summed E-state index contributed by atoms with van der Waals surface area (Å²) in [6.45, 7) is 0.692. The van der Waals surface area contributed by atoms with Crippen LogP contribution in [0.5, 0.6) is 0 Å². The van der Waals surface area contributed by atoms with Gasteiger partial charge in [0, 0.05) is 6.54 Å². The van der Waals surface area contributed by atoms with Crippen molar-refractivity contribution in [3.63, 3.8) is 0 Å². The van der Waals surface area contributed by atoms with Crippen LogP contribution in [0, 0.1) is 0 Å². The number of rotatable bonds is 2. The van der Waals surface area contributed by atoms with Gasteiger partial charge in [0.1, 0.15) is 6.26 Å². The molecule has 1 fully saturated rings. The van der Waals surface area contributed by atoms with Crippen molar-refractivity contribution in [2.75, 3.05) is 18.5 Å². The lowest BCUT2D eigenvalue weighted by Gasteiger charge is -2.20. The highest BCUT2D eigenvalue weighted by Gasteiger charge is 2.28. The number of nitrogens with one attached hydrogen (secondary N) is 1. The SMILES string of the molecule is CNC1CCCCN(c2ncco2)C1=O. The maximum atomic E-state index is 12.0. The van der Waals surface area contributed by atoms with Crippen LogP contribution < -0.4 is 10.2 Å². The van der Waals surface area contributed by atoms with Crippen LogP contribution in [0.15, 0.2) is 16.9 Å². The summed E-state index contributed by atoms with van der Waals surface area (Å²) in [5, 5.41) is 3.02. The molecule has 1 aliphatic heterocycles. The van der Waals surface area contributed by atoms with E-state index in [1.807, 2.05) is 7.05 Å². The molecule has 0 bridgehead atoms. The second-order valence-electron chi connectivity index (χ2n) is 3.64. The molecule has 0 saturated carbocycles. The molecule has 1 N–H and O–H groups in total. The molecular formula is C10H15N3O2. The Bertz CT molecular complexity index is 323. The number of oxazole rings is 1. The van der Waals surface area contributed by atoms with Crippen LogP contribution in [0.3, 0.4) is 0 Å². The van der Waals surface area contributed by atoms with Crippen LogP contribution in [-0.4, -0.2) is 30.5 Å². The molecule has 1 amide bonds. The predicted octanol–water partition coefficient (Wildman–Crippen LogP) is 0.779. The van der Waals surface area contributed by atoms with Crippen molar-refractivity contribution in [2.24, 2.45) is 0 Å². The minimum atomic E-state index is -0.112. The van der Waals surface area contributed by atoms with Crippen molar-refractivity contribution < 1.29 is 9.21 Å². The van der Waals surface area contributed by atoms with Crippen molar-refractivity contribution in [1.82, 2.24) is 10.3 Å². The van der Waals surface area contributed by atoms with Gasteiger partial charge in [-0.05, 0) is 26.3 Å². The Morgan fingerprint density at radius 1 is 1.60 bits per heavy atom. The zero-order chi connectivity index (χ0) is 10.7. The first-order chi connectivity index (χ1) is 7.33. The molecule has 5 nitrogen and oxygen atoms in total. The summed E-state index contributed by atoms with van der Waals surface area (Å²) < 4.78 is 5.16. The highest BCUT2D eigenvalue weighted by Crippen LogP contribution is 2.18. The van der Waals surface area contributed by atoms with E-state index >= 15 is 0 Å². The largest absolute Gasteiger partial charge is 0.432 e. The van der Waals surface area contributed by atoms with Gasteiger partial charge >= 0.3 is 6.01 Å². The molecule has 1 aliphatic rings. The molecule has 82 valence electrons. The van der Waals surface area contributed by atoms with Crippen molar-refractivity contribution in [1.29, 1.82) is 0 Å². The summed E-state index contributed by atoms with van der Waals surface area (Å²) in [6.07, 6.45) is 5.97. The summed E-state index contributed by atoms with van der Waals surface area (Å²) in [4.78, 5) is 17.7. The minimum Gasteiger partial charge on any atom is -0.432 e. The molecule has 1 atom stereocenters. The van der Waals surface area contributed by atoms with Crippen LogP contribution >= 0.6 is 0 Å². The molecule has 0 aliphatic carbocycles. The third-order valence-corrected chi connectivity index (χ3v) is 2.69. The third kappa shape index (κ3) is 2.02. The normalized spacial score (nSPS) is 22.9. The van der Waals surface area contributed by atoms with Gasteiger partial charge in [-0.15, -0.1) is 0 Å². The van der Waals surface area contributed by atoms with Gasteiger partial charge in [0.05, 0.1) is 12.2 Å². The molecule has 1 aromatic heterocycles. The van der Waals surface area contributed by atoms with Gasteiger partial charge in [0.25, 0.3) is 0 Å². The molecule has 0 spiro atoms. The Kier molecular flexibility index (Phi) is 3.01. The van der Waals surface area contributed by atoms with Crippen LogP contribution in [-0.2, 0) is 4.79 Å². The fourth-order valence-electron chi connectivity index (χ4n) is 1.85. The van der Waals surface area contributed by atoms with Gasteiger partial charge in [0.15, 0.2) is 0 Å². The Hall–Kier alpha value is -1.36. The van der Waals surface area contributed by atoms with E-state index in [1.54, 1.807) is 11.1 Å². The first kappa shape index (κ1) is 10.2. The maximum absolute atomic E-state index is 12.0. The summed E-state index contributed by atoms with van der Waals surface area (Å²) >= 11 is 0. The van der Waals surface area contributed by atoms with Crippen molar-refractivity contribution in [2.45, 2.75) is 25.3 Å². The van der Waals surface area contributed by atoms with Gasteiger partial charge in [-0.2, -0.15) is 0 Å². The third-order valence-electron chi connectivity index (χ3n) is 2.69. The van der Waals surface area contributed by atoms with Crippen molar-refractivity contribution in [3.05, 3.63) is 12.5 Å². The number of amides is 1. The number of carbonyl (C=O) groups excluding carboxylic acids is 1. The Balaban J connectivity index is 2.19. The van der Waals surface area contributed by atoms with E-state index in [4.69, 9.17) is 4.42 Å². The van der Waals surface area contributed by atoms with Crippen LogP contribution in [0.2, 0.25) is 0 Å². The van der Waals surface area contributed by atoms with Gasteiger partial charge < -0.3 is 9.73 Å². The fraction of sp³-hybridized carbons (Fsp3) is 0.600. The molecular weight excluding hydrogens is 194 g/mol. The molecule has 15 heavy (non-hydrogen) atoms. The number of hydrogen-bond acceptors (Lipinski definition) is 4. The van der Waals surface area contributed by atoms with E-state index in [0.29, 0.717) is 12.6 Å². The van der Waals surface area contributed by atoms with E-state index in [0.717, 1.165) is 19.3 Å². The number of aromatic nitrogens is 1. The average molecular weight is 209 g/mol. The molecule has 1 aromatic rings. The zero-order valence-electron chi connectivity index (χ0n) is 8.77. The lowest BCUT2D eigenvalue weighted by Crippen LogP contribution is -2.44. The molecule has 1 unspecified atom stereocenters. The molecule has 0 aromatic carbocycles. The summed E-state index contributed by atoms with van der Waals surface area (Å²) in [5.41, 5.74) is 0. The quantitative estimate of drug-likeness (QED) is 0.782. The number of nitrogens with zero attached hydrogens (tertiary/aromatic N) is 2. The number of likely N-dealkylation sites (N-methyl/N-ethyl adjacent to an activating group) is 1. The van der Waals surface area contributed by atoms with Gasteiger partial charge in [-0.1, -0.05) is 0 Å². The zero-order valence-corrected chi connectivity index (χ0v) is 8.77. The highest BCUT2D eigenvalue weighted by molar-refractivity contribution is 5.95. The molecule has 0 radical (unpaired) electrons.